The van der Waals surface area contributed by atoms with Crippen LogP contribution in [0.4, 0.5) is 0 Å². The van der Waals surface area contributed by atoms with E-state index in [1.165, 1.54) is 122 Å². The van der Waals surface area contributed by atoms with Crippen molar-refractivity contribution in [3.8, 4) is 0 Å². The van der Waals surface area contributed by atoms with E-state index in [2.05, 4.69) is 35.8 Å². The first-order chi connectivity index (χ1) is 20.3. The Balaban J connectivity index is 0. The van der Waals surface area contributed by atoms with Crippen LogP contribution >= 0.6 is 7.82 Å². The third kappa shape index (κ3) is 41.4. The number of phosphoric acid groups is 1. The van der Waals surface area contributed by atoms with Crippen LogP contribution in [-0.2, 0) is 13.9 Å². The van der Waals surface area contributed by atoms with Crippen molar-refractivity contribution in [3.05, 3.63) is 12.2 Å². The molecule has 0 spiro atoms. The molecule has 1 atom stereocenters. The number of amides is 1. The fourth-order valence-corrected chi connectivity index (χ4v) is 5.05. The fraction of sp³-hybridized carbons (Fsp3) is 0.912. The molecule has 7 nitrogen and oxygen atoms in total. The molecule has 8 heteroatoms. The van der Waals surface area contributed by atoms with Crippen molar-refractivity contribution in [3.63, 3.8) is 0 Å². The van der Waals surface area contributed by atoms with Gasteiger partial charge in [0.15, 0.2) is 0 Å². The van der Waals surface area contributed by atoms with Gasteiger partial charge in [-0.05, 0) is 44.9 Å². The normalized spacial score (nSPS) is 12.3. The van der Waals surface area contributed by atoms with Crippen LogP contribution in [0.3, 0.4) is 0 Å². The number of allylic oxidation sites excluding steroid dienone is 2. The monoisotopic (exact) mass is 619 g/mol. The van der Waals surface area contributed by atoms with Crippen molar-refractivity contribution in [2.24, 2.45) is 5.73 Å². The van der Waals surface area contributed by atoms with Gasteiger partial charge in [-0.1, -0.05) is 148 Å². The number of nitrogens with two attached hydrogens (primary N) is 1. The van der Waals surface area contributed by atoms with Gasteiger partial charge in [0.1, 0.15) is 0 Å². The Bertz CT molecular complexity index is 627. The summed E-state index contributed by atoms with van der Waals surface area (Å²) < 4.78 is 14.8. The highest BCUT2D eigenvalue weighted by Crippen LogP contribution is 2.35. The van der Waals surface area contributed by atoms with Crippen molar-refractivity contribution in [1.29, 1.82) is 0 Å². The molecular weight excluding hydrogens is 547 g/mol. The molecule has 0 rings (SSSR count). The van der Waals surface area contributed by atoms with Crippen molar-refractivity contribution in [1.82, 2.24) is 5.32 Å². The predicted octanol–water partition coefficient (Wildman–Crippen LogP) is 10.2. The molecule has 0 radical (unpaired) electrons. The number of hydrogen-bond acceptors (Lipinski definition) is 4. The Kier molecular flexibility index (Phi) is 35.9. The summed E-state index contributed by atoms with van der Waals surface area (Å²) in [6.45, 7) is 6.65. The largest absolute Gasteiger partial charge is 0.469 e. The van der Waals surface area contributed by atoms with E-state index in [1.54, 1.807) is 0 Å². The van der Waals surface area contributed by atoms with E-state index in [-0.39, 0.29) is 18.7 Å². The lowest BCUT2D eigenvalue weighted by atomic mass is 10.1. The summed E-state index contributed by atoms with van der Waals surface area (Å²) in [5, 5.41) is 2.81. The summed E-state index contributed by atoms with van der Waals surface area (Å²) in [6, 6.07) is 0. The number of carbonyl (C=O) groups excluding carboxylic acids is 1. The second kappa shape index (κ2) is 34.8. The Hall–Kier alpha value is -0.720. The molecule has 0 saturated heterocycles. The van der Waals surface area contributed by atoms with Gasteiger partial charge in [0.2, 0.25) is 5.91 Å². The highest BCUT2D eigenvalue weighted by Gasteiger charge is 2.12. The van der Waals surface area contributed by atoms with Crippen LogP contribution in [0.25, 0.3) is 0 Å². The lowest BCUT2D eigenvalue weighted by molar-refractivity contribution is -0.121. The smallest absolute Gasteiger partial charge is 0.341 e. The van der Waals surface area contributed by atoms with E-state index in [0.717, 1.165) is 38.5 Å². The van der Waals surface area contributed by atoms with Crippen molar-refractivity contribution < 1.29 is 23.7 Å². The van der Waals surface area contributed by atoms with Gasteiger partial charge < -0.3 is 20.8 Å². The number of nitrogens with one attached hydrogen (secondary N) is 1. The summed E-state index contributed by atoms with van der Waals surface area (Å²) in [7, 11) is -4.25. The van der Waals surface area contributed by atoms with Gasteiger partial charge in [0.25, 0.3) is 0 Å². The maximum Gasteiger partial charge on any atom is 0.469 e. The third-order valence-electron chi connectivity index (χ3n) is 7.46. The lowest BCUT2D eigenvalue weighted by Gasteiger charge is -2.10. The number of carbonyl (C=O) groups is 1. The van der Waals surface area contributed by atoms with Crippen LogP contribution in [0.2, 0.25) is 0 Å². The van der Waals surface area contributed by atoms with Crippen molar-refractivity contribution >= 4 is 13.7 Å². The molecule has 0 aliphatic rings. The third-order valence-corrected chi connectivity index (χ3v) is 7.98. The van der Waals surface area contributed by atoms with E-state index in [0.29, 0.717) is 6.42 Å². The molecule has 0 aromatic heterocycles. The van der Waals surface area contributed by atoms with Crippen molar-refractivity contribution in [2.75, 3.05) is 6.61 Å². The summed E-state index contributed by atoms with van der Waals surface area (Å²) in [4.78, 5) is 28.5. The van der Waals surface area contributed by atoms with Crippen LogP contribution in [0.5, 0.6) is 0 Å². The van der Waals surface area contributed by atoms with Gasteiger partial charge in [-0.25, -0.2) is 4.57 Å². The molecule has 42 heavy (non-hydrogen) atoms. The Labute approximate surface area is 260 Å². The highest BCUT2D eigenvalue weighted by molar-refractivity contribution is 7.46. The molecule has 1 amide bonds. The molecule has 0 saturated carbocycles. The van der Waals surface area contributed by atoms with Gasteiger partial charge in [-0.15, -0.1) is 0 Å². The van der Waals surface area contributed by atoms with E-state index >= 15 is 0 Å². The van der Waals surface area contributed by atoms with Crippen LogP contribution in [-0.4, -0.2) is 28.5 Å². The van der Waals surface area contributed by atoms with Crippen LogP contribution in [0.15, 0.2) is 12.2 Å². The number of phosphoric ester groups is 1. The predicted molar refractivity (Wildman–Crippen MR) is 180 cm³/mol. The summed E-state index contributed by atoms with van der Waals surface area (Å²) in [5.74, 6) is 0.0991. The average molecular weight is 619 g/mol. The minimum Gasteiger partial charge on any atom is -0.341 e. The molecule has 0 aromatic carbocycles. The molecule has 0 fully saturated rings. The molecule has 1 unspecified atom stereocenters. The quantitative estimate of drug-likeness (QED) is 0.0275. The maximum atomic E-state index is 11.5. The standard InChI is InChI=1S/C21H42N2O.C13H29O4P/c1-3-5-6-7-8-9-10-11-12-13-14-15-16-17-18-19-21(24)23-20(22)4-2;1-2-3-4-5-6-7-8-9-10-11-12-13-17-18(14,15)16/h11-12,20H,3-10,13-19,22H2,1-2H3,(H,23,24);2-13H2,1H3,(H2,14,15,16). The Morgan fingerprint density at radius 3 is 1.45 bits per heavy atom. The highest BCUT2D eigenvalue weighted by atomic mass is 31.2. The van der Waals surface area contributed by atoms with Gasteiger partial charge in [-0.2, -0.15) is 0 Å². The Morgan fingerprint density at radius 1 is 0.667 bits per heavy atom. The molecule has 0 heterocycles. The number of unbranched alkanes of at least 4 members (excludes halogenated alkanes) is 21. The molecule has 252 valence electrons. The van der Waals surface area contributed by atoms with Crippen LogP contribution in [0, 0.1) is 0 Å². The minimum absolute atomic E-state index is 0.0991. The van der Waals surface area contributed by atoms with Gasteiger partial charge in [-0.3, -0.25) is 9.32 Å². The molecule has 0 aliphatic heterocycles. The maximum absolute atomic E-state index is 11.5. The zero-order valence-electron chi connectivity index (χ0n) is 28.0. The summed E-state index contributed by atoms with van der Waals surface area (Å²) >= 11 is 0. The summed E-state index contributed by atoms with van der Waals surface area (Å²) in [5.41, 5.74) is 5.69. The summed E-state index contributed by atoms with van der Waals surface area (Å²) in [6.07, 6.45) is 36.1. The first-order valence-electron chi connectivity index (χ1n) is 17.7. The number of rotatable bonds is 30. The zero-order valence-corrected chi connectivity index (χ0v) is 28.9. The SMILES string of the molecule is CCCCCCCCC=CCCCCCCCC(=O)NC(N)CC.CCCCCCCCCCCCCOP(=O)(O)O. The Morgan fingerprint density at radius 2 is 1.05 bits per heavy atom. The molecular formula is C34H71N2O5P. The van der Waals surface area contributed by atoms with Gasteiger partial charge >= 0.3 is 7.82 Å². The first-order valence-corrected chi connectivity index (χ1v) is 19.2. The van der Waals surface area contributed by atoms with E-state index < -0.39 is 7.82 Å². The van der Waals surface area contributed by atoms with E-state index in [4.69, 9.17) is 15.5 Å². The first kappa shape index (κ1) is 43.4. The topological polar surface area (TPSA) is 122 Å². The van der Waals surface area contributed by atoms with E-state index in [9.17, 15) is 9.36 Å². The van der Waals surface area contributed by atoms with Crippen LogP contribution < -0.4 is 11.1 Å². The van der Waals surface area contributed by atoms with E-state index in [1.807, 2.05) is 6.92 Å². The van der Waals surface area contributed by atoms with Crippen molar-refractivity contribution in [2.45, 2.75) is 194 Å². The average Bonchev–Trinajstić information content (AvgIpc) is 2.95. The molecule has 0 aliphatic carbocycles. The lowest BCUT2D eigenvalue weighted by Crippen LogP contribution is -2.40. The molecule has 0 aromatic rings. The second-order valence-electron chi connectivity index (χ2n) is 11.8. The molecule has 0 bridgehead atoms. The van der Waals surface area contributed by atoms with Gasteiger partial charge in [0, 0.05) is 6.42 Å². The number of hydrogen-bond donors (Lipinski definition) is 4. The second-order valence-corrected chi connectivity index (χ2v) is 13.0. The molecule has 5 N–H and O–H groups in total. The zero-order chi connectivity index (χ0) is 31.6. The minimum atomic E-state index is -4.25. The fourth-order valence-electron chi connectivity index (χ4n) is 4.69. The van der Waals surface area contributed by atoms with Crippen LogP contribution in [0.1, 0.15) is 188 Å². The van der Waals surface area contributed by atoms with Gasteiger partial charge in [0.05, 0.1) is 12.8 Å².